The second-order valence-electron chi connectivity index (χ2n) is 9.97. The molecule has 6 heteroatoms. The molecule has 0 aliphatic carbocycles. The Hall–Kier alpha value is -3.12. The summed E-state index contributed by atoms with van der Waals surface area (Å²) in [5.41, 5.74) is 3.03. The molecule has 1 N–H and O–H groups in total. The number of nitrogens with zero attached hydrogens (tertiary/aromatic N) is 1. The molecule has 1 heterocycles. The quantitative estimate of drug-likeness (QED) is 0.348. The van der Waals surface area contributed by atoms with E-state index in [2.05, 4.69) is 20.8 Å². The van der Waals surface area contributed by atoms with E-state index < -0.39 is 17.7 Å². The van der Waals surface area contributed by atoms with Gasteiger partial charge in [0.15, 0.2) is 0 Å². The first-order valence-corrected chi connectivity index (χ1v) is 11.6. The average Bonchev–Trinajstić information content (AvgIpc) is 3.03. The normalized spacial score (nSPS) is 18.1. The van der Waals surface area contributed by atoms with Crippen molar-refractivity contribution in [3.8, 4) is 5.75 Å². The van der Waals surface area contributed by atoms with E-state index in [1.165, 1.54) is 4.90 Å². The van der Waals surface area contributed by atoms with Crippen LogP contribution in [0.15, 0.2) is 48.0 Å². The highest BCUT2D eigenvalue weighted by Crippen LogP contribution is 2.41. The van der Waals surface area contributed by atoms with E-state index in [1.807, 2.05) is 51.1 Å². The SMILES string of the molecule is COc1cccc(C2/C(=C(\O)c3cc(C(C)(C)C)ccc3C)C(=O)C(=O)N2CCOC(C)C)c1. The van der Waals surface area contributed by atoms with Crippen LogP contribution in [-0.2, 0) is 19.7 Å². The van der Waals surface area contributed by atoms with Crippen LogP contribution >= 0.6 is 0 Å². The van der Waals surface area contributed by atoms with Crippen molar-refractivity contribution in [3.63, 3.8) is 0 Å². The molecule has 0 radical (unpaired) electrons. The van der Waals surface area contributed by atoms with Crippen LogP contribution in [0.3, 0.4) is 0 Å². The fourth-order valence-corrected chi connectivity index (χ4v) is 4.14. The zero-order valence-corrected chi connectivity index (χ0v) is 21.1. The molecule has 1 amide bonds. The van der Waals surface area contributed by atoms with E-state index in [9.17, 15) is 14.7 Å². The summed E-state index contributed by atoms with van der Waals surface area (Å²) in [7, 11) is 1.56. The molecule has 1 fully saturated rings. The van der Waals surface area contributed by atoms with Crippen molar-refractivity contribution in [2.75, 3.05) is 20.3 Å². The summed E-state index contributed by atoms with van der Waals surface area (Å²) in [4.78, 5) is 27.9. The number of aliphatic hydroxyl groups is 1. The van der Waals surface area contributed by atoms with Gasteiger partial charge in [-0.3, -0.25) is 9.59 Å². The maximum atomic E-state index is 13.3. The fraction of sp³-hybridized carbons (Fsp3) is 0.429. The Balaban J connectivity index is 2.19. The fourth-order valence-electron chi connectivity index (χ4n) is 4.14. The van der Waals surface area contributed by atoms with Crippen LogP contribution in [0.25, 0.3) is 5.76 Å². The Bertz CT molecular complexity index is 1110. The van der Waals surface area contributed by atoms with Crippen LogP contribution in [0, 0.1) is 6.92 Å². The molecule has 1 unspecified atom stereocenters. The maximum absolute atomic E-state index is 13.3. The molecule has 0 aromatic heterocycles. The van der Waals surface area contributed by atoms with Gasteiger partial charge in [-0.1, -0.05) is 45.0 Å². The van der Waals surface area contributed by atoms with Crippen LogP contribution in [0.5, 0.6) is 5.75 Å². The third kappa shape index (κ3) is 5.17. The first-order valence-electron chi connectivity index (χ1n) is 11.6. The van der Waals surface area contributed by atoms with E-state index >= 15 is 0 Å². The van der Waals surface area contributed by atoms with E-state index in [4.69, 9.17) is 9.47 Å². The van der Waals surface area contributed by atoms with Crippen molar-refractivity contribution >= 4 is 17.4 Å². The highest BCUT2D eigenvalue weighted by atomic mass is 16.5. The summed E-state index contributed by atoms with van der Waals surface area (Å²) in [5.74, 6) is -0.906. The zero-order valence-electron chi connectivity index (χ0n) is 21.1. The van der Waals surface area contributed by atoms with Crippen molar-refractivity contribution < 1.29 is 24.2 Å². The van der Waals surface area contributed by atoms with E-state index in [1.54, 1.807) is 19.2 Å². The maximum Gasteiger partial charge on any atom is 0.295 e. The smallest absolute Gasteiger partial charge is 0.295 e. The second kappa shape index (κ2) is 10.0. The van der Waals surface area contributed by atoms with Gasteiger partial charge in [0.1, 0.15) is 11.5 Å². The van der Waals surface area contributed by atoms with Crippen LogP contribution in [-0.4, -0.2) is 48.1 Å². The molecule has 2 aromatic rings. The third-order valence-electron chi connectivity index (χ3n) is 6.09. The number of hydrogen-bond acceptors (Lipinski definition) is 5. The van der Waals surface area contributed by atoms with Crippen molar-refractivity contribution in [1.29, 1.82) is 0 Å². The molecule has 1 aliphatic rings. The molecule has 0 spiro atoms. The monoisotopic (exact) mass is 465 g/mol. The number of ketones is 1. The lowest BCUT2D eigenvalue weighted by molar-refractivity contribution is -0.140. The number of rotatable bonds is 7. The predicted octanol–water partition coefficient (Wildman–Crippen LogP) is 5.15. The Morgan fingerprint density at radius 2 is 1.82 bits per heavy atom. The van der Waals surface area contributed by atoms with E-state index in [-0.39, 0.29) is 36.0 Å². The van der Waals surface area contributed by atoms with Crippen LogP contribution < -0.4 is 4.74 Å². The molecule has 0 saturated carbocycles. The second-order valence-corrected chi connectivity index (χ2v) is 9.97. The number of carbonyl (C=O) groups excluding carboxylic acids is 2. The number of likely N-dealkylation sites (tertiary alicyclic amines) is 1. The largest absolute Gasteiger partial charge is 0.507 e. The lowest BCUT2D eigenvalue weighted by Crippen LogP contribution is -2.33. The summed E-state index contributed by atoms with van der Waals surface area (Å²) >= 11 is 0. The number of amides is 1. The summed E-state index contributed by atoms with van der Waals surface area (Å²) in [6.07, 6.45) is -0.00474. The molecule has 1 atom stereocenters. The Morgan fingerprint density at radius 1 is 1.12 bits per heavy atom. The minimum absolute atomic E-state index is 0.00474. The average molecular weight is 466 g/mol. The number of hydrogen-bond donors (Lipinski definition) is 1. The highest BCUT2D eigenvalue weighted by Gasteiger charge is 2.46. The molecule has 1 aliphatic heterocycles. The molecule has 2 aromatic carbocycles. The Morgan fingerprint density at radius 3 is 2.44 bits per heavy atom. The lowest BCUT2D eigenvalue weighted by atomic mass is 9.84. The van der Waals surface area contributed by atoms with Gasteiger partial charge in [0, 0.05) is 12.1 Å². The van der Waals surface area contributed by atoms with Gasteiger partial charge < -0.3 is 19.5 Å². The number of methoxy groups -OCH3 is 1. The lowest BCUT2D eigenvalue weighted by Gasteiger charge is -2.26. The Labute approximate surface area is 202 Å². The highest BCUT2D eigenvalue weighted by molar-refractivity contribution is 6.46. The van der Waals surface area contributed by atoms with Crippen molar-refractivity contribution in [2.45, 2.75) is 59.1 Å². The van der Waals surface area contributed by atoms with Gasteiger partial charge in [-0.25, -0.2) is 0 Å². The zero-order chi connectivity index (χ0) is 25.2. The van der Waals surface area contributed by atoms with Gasteiger partial charge in [0.05, 0.1) is 31.4 Å². The van der Waals surface area contributed by atoms with Crippen molar-refractivity contribution in [1.82, 2.24) is 4.90 Å². The van der Waals surface area contributed by atoms with E-state index in [0.717, 1.165) is 11.1 Å². The van der Waals surface area contributed by atoms with Crippen LogP contribution in [0.4, 0.5) is 0 Å². The predicted molar refractivity (Wildman–Crippen MR) is 133 cm³/mol. The van der Waals surface area contributed by atoms with Gasteiger partial charge in [-0.05, 0) is 61.1 Å². The molecule has 0 bridgehead atoms. The molecule has 34 heavy (non-hydrogen) atoms. The first-order chi connectivity index (χ1) is 16.0. The summed E-state index contributed by atoms with van der Waals surface area (Å²) in [5, 5.41) is 11.5. The molecular formula is C28H35NO5. The van der Waals surface area contributed by atoms with Gasteiger partial charge in [-0.15, -0.1) is 0 Å². The number of Topliss-reactive ketones (excluding diaryl/α,β-unsaturated/α-hetero) is 1. The summed E-state index contributed by atoms with van der Waals surface area (Å²) < 4.78 is 11.0. The molecule has 6 nitrogen and oxygen atoms in total. The molecular weight excluding hydrogens is 430 g/mol. The van der Waals surface area contributed by atoms with Gasteiger partial charge in [-0.2, -0.15) is 0 Å². The number of ether oxygens (including phenoxy) is 2. The number of benzene rings is 2. The van der Waals surface area contributed by atoms with Crippen LogP contribution in [0.1, 0.15) is 62.9 Å². The topological polar surface area (TPSA) is 76.1 Å². The molecule has 182 valence electrons. The van der Waals surface area contributed by atoms with Crippen LogP contribution in [0.2, 0.25) is 0 Å². The minimum Gasteiger partial charge on any atom is -0.507 e. The van der Waals surface area contributed by atoms with E-state index in [0.29, 0.717) is 16.9 Å². The molecule has 1 saturated heterocycles. The number of aryl methyl sites for hydroxylation is 1. The number of carbonyl (C=O) groups is 2. The van der Waals surface area contributed by atoms with Crippen molar-refractivity contribution in [3.05, 3.63) is 70.3 Å². The molecule has 3 rings (SSSR count). The summed E-state index contributed by atoms with van der Waals surface area (Å²) in [6, 6.07) is 12.3. The van der Waals surface area contributed by atoms with Crippen molar-refractivity contribution in [2.24, 2.45) is 0 Å². The third-order valence-corrected chi connectivity index (χ3v) is 6.09. The minimum atomic E-state index is -0.747. The standard InChI is InChI=1S/C28H35NO5/c1-17(2)34-14-13-29-24(19-9-8-10-21(15-19)33-7)23(26(31)27(29)32)25(30)22-16-20(28(4,5)6)12-11-18(22)3/h8-12,15-17,24,30H,13-14H2,1-7H3/b25-23+. The van der Waals surface area contributed by atoms with Gasteiger partial charge in [0.25, 0.3) is 11.7 Å². The summed E-state index contributed by atoms with van der Waals surface area (Å²) in [6.45, 7) is 12.5. The van der Waals surface area contributed by atoms with Gasteiger partial charge in [0.2, 0.25) is 0 Å². The first kappa shape index (κ1) is 25.5. The Kier molecular flexibility index (Phi) is 7.51. The van der Waals surface area contributed by atoms with Gasteiger partial charge >= 0.3 is 0 Å². The number of aliphatic hydroxyl groups excluding tert-OH is 1.